The van der Waals surface area contributed by atoms with Crippen molar-refractivity contribution >= 4 is 17.7 Å². The molecule has 0 bridgehead atoms. The number of carbonyl (C=O) groups excluding carboxylic acids is 1. The van der Waals surface area contributed by atoms with Gasteiger partial charge in [0.2, 0.25) is 6.79 Å². The summed E-state index contributed by atoms with van der Waals surface area (Å²) >= 11 is 0. The normalized spacial score (nSPS) is 16.3. The van der Waals surface area contributed by atoms with E-state index in [2.05, 4.69) is 10.5 Å². The van der Waals surface area contributed by atoms with Crippen molar-refractivity contribution in [2.24, 2.45) is 5.10 Å². The van der Waals surface area contributed by atoms with Crippen molar-refractivity contribution in [2.45, 2.75) is 12.8 Å². The maximum atomic E-state index is 12.4. The largest absolute Gasteiger partial charge is 0.454 e. The summed E-state index contributed by atoms with van der Waals surface area (Å²) in [7, 11) is 0. The molecule has 4 rings (SSSR count). The topological polar surface area (TPSA) is 83.7 Å². The van der Waals surface area contributed by atoms with Crippen molar-refractivity contribution in [3.8, 4) is 17.6 Å². The van der Waals surface area contributed by atoms with Crippen molar-refractivity contribution in [1.29, 1.82) is 5.26 Å². The molecule has 1 amide bonds. The Morgan fingerprint density at radius 1 is 1.15 bits per heavy atom. The molecule has 0 unspecified atom stereocenters. The molecule has 1 aliphatic heterocycles. The second-order valence-corrected chi connectivity index (χ2v) is 5.93. The van der Waals surface area contributed by atoms with Crippen molar-refractivity contribution in [3.05, 3.63) is 64.7 Å². The van der Waals surface area contributed by atoms with Crippen LogP contribution < -0.4 is 14.9 Å². The number of nitrogens with zero attached hydrogens (tertiary/aromatic N) is 2. The number of hydrazone groups is 1. The lowest BCUT2D eigenvalue weighted by Gasteiger charge is -2.04. The first kappa shape index (κ1) is 15.9. The molecule has 2 aliphatic rings. The van der Waals surface area contributed by atoms with Gasteiger partial charge < -0.3 is 9.47 Å². The lowest BCUT2D eigenvalue weighted by Crippen LogP contribution is -2.20. The van der Waals surface area contributed by atoms with Crippen LogP contribution in [0.3, 0.4) is 0 Å². The number of amides is 1. The third kappa shape index (κ3) is 2.91. The van der Waals surface area contributed by atoms with Crippen molar-refractivity contribution in [3.63, 3.8) is 0 Å². The SMILES string of the molecule is N#CC(C(=O)NN=Cc1ccc2c(c1)OCO2)=C1CCc2ccccc21. The van der Waals surface area contributed by atoms with Crippen LogP contribution >= 0.6 is 0 Å². The summed E-state index contributed by atoms with van der Waals surface area (Å²) in [5.41, 5.74) is 6.21. The van der Waals surface area contributed by atoms with Gasteiger partial charge >= 0.3 is 0 Å². The first-order valence-electron chi connectivity index (χ1n) is 8.21. The molecular formula is C20H15N3O3. The fraction of sp³-hybridized carbons (Fsp3) is 0.150. The summed E-state index contributed by atoms with van der Waals surface area (Å²) in [6.45, 7) is 0.202. The monoisotopic (exact) mass is 345 g/mol. The number of nitriles is 1. The zero-order valence-electron chi connectivity index (χ0n) is 13.9. The van der Waals surface area contributed by atoms with Gasteiger partial charge in [0.25, 0.3) is 5.91 Å². The fourth-order valence-electron chi connectivity index (χ4n) is 3.16. The molecule has 1 aliphatic carbocycles. The van der Waals surface area contributed by atoms with Crippen molar-refractivity contribution < 1.29 is 14.3 Å². The predicted octanol–water partition coefficient (Wildman–Crippen LogP) is 2.79. The molecule has 26 heavy (non-hydrogen) atoms. The Labute approximate surface area is 150 Å². The highest BCUT2D eigenvalue weighted by Gasteiger charge is 2.23. The van der Waals surface area contributed by atoms with E-state index < -0.39 is 5.91 Å². The standard InChI is InChI=1S/C20H15N3O3/c21-10-17(16-7-6-14-3-1-2-4-15(14)16)20(24)23-22-11-13-5-8-18-19(9-13)26-12-25-18/h1-5,8-9,11H,6-7,12H2,(H,23,24). The van der Waals surface area contributed by atoms with E-state index in [1.54, 1.807) is 18.2 Å². The van der Waals surface area contributed by atoms with E-state index in [1.165, 1.54) is 6.21 Å². The number of hydrogen-bond acceptors (Lipinski definition) is 5. The molecule has 0 atom stereocenters. The Bertz CT molecular complexity index is 986. The quantitative estimate of drug-likeness (QED) is 0.401. The second kappa shape index (κ2) is 6.73. The lowest BCUT2D eigenvalue weighted by atomic mass is 10.0. The van der Waals surface area contributed by atoms with Gasteiger partial charge in [-0.2, -0.15) is 10.4 Å². The summed E-state index contributed by atoms with van der Waals surface area (Å²) < 4.78 is 10.6. The van der Waals surface area contributed by atoms with E-state index in [4.69, 9.17) is 9.47 Å². The van der Waals surface area contributed by atoms with Crippen LogP contribution in [0.5, 0.6) is 11.5 Å². The zero-order valence-corrected chi connectivity index (χ0v) is 13.9. The van der Waals surface area contributed by atoms with Crippen LogP contribution in [0.4, 0.5) is 0 Å². The Balaban J connectivity index is 1.51. The minimum absolute atomic E-state index is 0.109. The van der Waals surface area contributed by atoms with Gasteiger partial charge in [0.15, 0.2) is 11.5 Å². The van der Waals surface area contributed by atoms with Crippen molar-refractivity contribution in [1.82, 2.24) is 5.43 Å². The third-order valence-electron chi connectivity index (χ3n) is 4.40. The molecule has 6 nitrogen and oxygen atoms in total. The van der Waals surface area contributed by atoms with Gasteiger partial charge in [-0.25, -0.2) is 5.43 Å². The number of fused-ring (bicyclic) bond motifs is 2. The molecule has 6 heteroatoms. The highest BCUT2D eigenvalue weighted by atomic mass is 16.7. The smallest absolute Gasteiger partial charge is 0.282 e. The number of aryl methyl sites for hydroxylation is 1. The molecular weight excluding hydrogens is 330 g/mol. The lowest BCUT2D eigenvalue weighted by molar-refractivity contribution is -0.117. The van der Waals surface area contributed by atoms with Crippen molar-refractivity contribution in [2.75, 3.05) is 6.79 Å². The number of benzene rings is 2. The molecule has 0 aromatic heterocycles. The summed E-state index contributed by atoms with van der Waals surface area (Å²) in [5, 5.41) is 13.4. The molecule has 0 saturated carbocycles. The van der Waals surface area contributed by atoms with Crippen LogP contribution in [0, 0.1) is 11.3 Å². The predicted molar refractivity (Wildman–Crippen MR) is 95.6 cm³/mol. The van der Waals surface area contributed by atoms with Crippen LogP contribution in [0.2, 0.25) is 0 Å². The Kier molecular flexibility index (Phi) is 4.12. The third-order valence-corrected chi connectivity index (χ3v) is 4.40. The van der Waals surface area contributed by atoms with Gasteiger partial charge in [0, 0.05) is 0 Å². The van der Waals surface area contributed by atoms with Gasteiger partial charge in [-0.3, -0.25) is 4.79 Å². The Morgan fingerprint density at radius 2 is 2.00 bits per heavy atom. The summed E-state index contributed by atoms with van der Waals surface area (Å²) in [6.07, 6.45) is 3.02. The minimum Gasteiger partial charge on any atom is -0.454 e. The van der Waals surface area contributed by atoms with Gasteiger partial charge in [0.05, 0.1) is 6.21 Å². The number of carbonyl (C=O) groups is 1. The highest BCUT2D eigenvalue weighted by molar-refractivity contribution is 6.06. The van der Waals surface area contributed by atoms with Gasteiger partial charge in [-0.15, -0.1) is 0 Å². The van der Waals surface area contributed by atoms with Crippen LogP contribution in [-0.4, -0.2) is 18.9 Å². The average Bonchev–Trinajstić information content (AvgIpc) is 3.29. The van der Waals surface area contributed by atoms with E-state index in [1.807, 2.05) is 30.3 Å². The van der Waals surface area contributed by atoms with Crippen LogP contribution in [0.25, 0.3) is 5.57 Å². The fourth-order valence-corrected chi connectivity index (χ4v) is 3.16. The number of ether oxygens (including phenoxy) is 2. The first-order chi connectivity index (χ1) is 12.8. The van der Waals surface area contributed by atoms with E-state index in [9.17, 15) is 10.1 Å². The molecule has 1 N–H and O–H groups in total. The van der Waals surface area contributed by atoms with Gasteiger partial charge in [-0.05, 0) is 53.3 Å². The summed E-state index contributed by atoms with van der Waals surface area (Å²) in [5.74, 6) is 0.821. The molecule has 1 heterocycles. The summed E-state index contributed by atoms with van der Waals surface area (Å²) in [6, 6.07) is 15.2. The molecule has 2 aromatic rings. The molecule has 0 radical (unpaired) electrons. The number of hydrogen-bond donors (Lipinski definition) is 1. The first-order valence-corrected chi connectivity index (χ1v) is 8.21. The molecule has 0 fully saturated rings. The Morgan fingerprint density at radius 3 is 2.88 bits per heavy atom. The van der Waals surface area contributed by atoms with E-state index in [0.29, 0.717) is 17.9 Å². The average molecular weight is 345 g/mol. The molecule has 2 aromatic carbocycles. The highest BCUT2D eigenvalue weighted by Crippen LogP contribution is 2.34. The molecule has 0 saturated heterocycles. The number of allylic oxidation sites excluding steroid dienone is 1. The van der Waals surface area contributed by atoms with E-state index in [0.717, 1.165) is 28.7 Å². The van der Waals surface area contributed by atoms with Crippen LogP contribution in [0.15, 0.2) is 53.1 Å². The maximum absolute atomic E-state index is 12.4. The summed E-state index contributed by atoms with van der Waals surface area (Å²) in [4.78, 5) is 12.4. The second-order valence-electron chi connectivity index (χ2n) is 5.93. The maximum Gasteiger partial charge on any atom is 0.282 e. The number of rotatable bonds is 3. The van der Waals surface area contributed by atoms with Crippen LogP contribution in [-0.2, 0) is 11.2 Å². The van der Waals surface area contributed by atoms with E-state index >= 15 is 0 Å². The van der Waals surface area contributed by atoms with Crippen LogP contribution in [0.1, 0.15) is 23.1 Å². The zero-order chi connectivity index (χ0) is 17.9. The number of nitrogens with one attached hydrogen (secondary N) is 1. The Hall–Kier alpha value is -3.59. The minimum atomic E-state index is -0.504. The molecule has 128 valence electrons. The van der Waals surface area contributed by atoms with Gasteiger partial charge in [0.1, 0.15) is 11.6 Å². The van der Waals surface area contributed by atoms with E-state index in [-0.39, 0.29) is 12.4 Å². The van der Waals surface area contributed by atoms with Gasteiger partial charge in [-0.1, -0.05) is 24.3 Å². The molecule has 0 spiro atoms.